The van der Waals surface area contributed by atoms with Crippen LogP contribution in [0.5, 0.6) is 0 Å². The van der Waals surface area contributed by atoms with Crippen molar-refractivity contribution >= 4 is 16.5 Å². The first-order chi connectivity index (χ1) is 7.06. The third-order valence-corrected chi connectivity index (χ3v) is 2.53. The predicted molar refractivity (Wildman–Crippen MR) is 51.5 cm³/mol. The van der Waals surface area contributed by atoms with Gasteiger partial charge in [-0.2, -0.15) is 0 Å². The molecule has 0 saturated carbocycles. The monoisotopic (exact) mass is 316 g/mol. The SMILES string of the molecule is O=[PH]([O-])O[PH](=O)[O-].OCc1ccccc1.[Zn+2]. The van der Waals surface area contributed by atoms with Gasteiger partial charge in [0.05, 0.1) is 6.61 Å². The molecule has 1 N–H and O–H groups in total. The standard InChI is InChI=1S/C7H8O.H4O5P2.Zn/c8-6-7-4-2-1-3-5-7;1-6(2)5-7(3)4;/h1-5,8H,6H2;6-7H,(H,1,2)(H,3,4);/q;;+2/p-2. The molecule has 16 heavy (non-hydrogen) atoms. The fraction of sp³-hybridized carbons (Fsp3) is 0.143. The van der Waals surface area contributed by atoms with Gasteiger partial charge in [0.15, 0.2) is 0 Å². The molecule has 0 radical (unpaired) electrons. The van der Waals surface area contributed by atoms with E-state index in [1.54, 1.807) is 0 Å². The molecule has 0 spiro atoms. The van der Waals surface area contributed by atoms with Crippen molar-refractivity contribution in [2.24, 2.45) is 0 Å². The van der Waals surface area contributed by atoms with E-state index < -0.39 is 16.5 Å². The molecule has 0 saturated heterocycles. The van der Waals surface area contributed by atoms with Gasteiger partial charge in [0.2, 0.25) is 0 Å². The van der Waals surface area contributed by atoms with E-state index in [4.69, 9.17) is 5.11 Å². The van der Waals surface area contributed by atoms with Crippen molar-refractivity contribution in [2.45, 2.75) is 6.61 Å². The van der Waals surface area contributed by atoms with Gasteiger partial charge >= 0.3 is 19.5 Å². The van der Waals surface area contributed by atoms with Crippen LogP contribution in [0.25, 0.3) is 0 Å². The summed E-state index contributed by atoms with van der Waals surface area (Å²) in [7, 11) is -7.03. The van der Waals surface area contributed by atoms with Gasteiger partial charge < -0.3 is 24.0 Å². The average Bonchev–Trinajstić information content (AvgIpc) is 2.18. The molecule has 0 heterocycles. The molecular weight excluding hydrogens is 307 g/mol. The van der Waals surface area contributed by atoms with Crippen LogP contribution in [0.4, 0.5) is 0 Å². The number of rotatable bonds is 3. The van der Waals surface area contributed by atoms with E-state index >= 15 is 0 Å². The molecule has 1 aromatic carbocycles. The predicted octanol–water partition coefficient (Wildman–Crippen LogP) is -0.321. The maximum atomic E-state index is 9.29. The van der Waals surface area contributed by atoms with E-state index in [0.717, 1.165) is 5.56 Å². The van der Waals surface area contributed by atoms with E-state index in [1.807, 2.05) is 30.3 Å². The molecule has 1 rings (SSSR count). The Labute approximate surface area is 107 Å². The zero-order valence-corrected chi connectivity index (χ0v) is 13.3. The average molecular weight is 317 g/mol. The number of hydrogen-bond donors (Lipinski definition) is 1. The first-order valence-corrected chi connectivity index (χ1v) is 6.25. The zero-order chi connectivity index (χ0) is 11.7. The van der Waals surface area contributed by atoms with Crippen LogP contribution >= 0.6 is 16.5 Å². The van der Waals surface area contributed by atoms with Gasteiger partial charge in [-0.05, 0) is 5.56 Å². The Balaban J connectivity index is 0. The Hall–Kier alpha value is 0.143. The van der Waals surface area contributed by atoms with Crippen LogP contribution in [-0.4, -0.2) is 5.11 Å². The van der Waals surface area contributed by atoms with Crippen LogP contribution in [0.1, 0.15) is 5.56 Å². The van der Waals surface area contributed by atoms with Crippen molar-refractivity contribution in [3.8, 4) is 0 Å². The second kappa shape index (κ2) is 11.6. The third-order valence-electron chi connectivity index (χ3n) is 1.19. The number of hydrogen-bond acceptors (Lipinski definition) is 6. The summed E-state index contributed by atoms with van der Waals surface area (Å²) < 4.78 is 21.8. The van der Waals surface area contributed by atoms with E-state index in [9.17, 15) is 18.9 Å². The Kier molecular flexibility index (Phi) is 13.4. The van der Waals surface area contributed by atoms with E-state index in [0.29, 0.717) is 0 Å². The molecule has 0 aromatic heterocycles. The molecule has 0 fully saturated rings. The molecule has 0 amide bonds. The molecule has 86 valence electrons. The van der Waals surface area contributed by atoms with Crippen LogP contribution in [0.15, 0.2) is 30.3 Å². The maximum Gasteiger partial charge on any atom is 2.00 e. The van der Waals surface area contributed by atoms with Crippen molar-refractivity contribution in [3.05, 3.63) is 35.9 Å². The summed E-state index contributed by atoms with van der Waals surface area (Å²) >= 11 is 0. The Morgan fingerprint density at radius 3 is 1.75 bits per heavy atom. The van der Waals surface area contributed by atoms with Crippen LogP contribution < -0.4 is 9.79 Å². The maximum absolute atomic E-state index is 9.29. The Morgan fingerprint density at radius 1 is 1.12 bits per heavy atom. The minimum atomic E-state index is -3.51. The van der Waals surface area contributed by atoms with Crippen molar-refractivity contribution in [3.63, 3.8) is 0 Å². The molecule has 0 bridgehead atoms. The van der Waals surface area contributed by atoms with Gasteiger partial charge in [0.1, 0.15) is 16.5 Å². The summed E-state index contributed by atoms with van der Waals surface area (Å²) in [5.41, 5.74) is 0.965. The van der Waals surface area contributed by atoms with Gasteiger partial charge in [-0.25, -0.2) is 0 Å². The summed E-state index contributed by atoms with van der Waals surface area (Å²) in [4.78, 5) is 18.6. The van der Waals surface area contributed by atoms with Gasteiger partial charge in [-0.3, -0.25) is 4.31 Å². The Bertz CT molecular complexity index is 308. The van der Waals surface area contributed by atoms with Crippen LogP contribution in [0, 0.1) is 0 Å². The molecule has 2 atom stereocenters. The molecule has 0 aliphatic rings. The quantitative estimate of drug-likeness (QED) is 0.604. The fourth-order valence-electron chi connectivity index (χ4n) is 0.651. The zero-order valence-electron chi connectivity index (χ0n) is 8.29. The molecule has 1 aromatic rings. The summed E-state index contributed by atoms with van der Waals surface area (Å²) in [5, 5.41) is 8.54. The van der Waals surface area contributed by atoms with Gasteiger partial charge in [-0.1, -0.05) is 30.3 Å². The minimum absolute atomic E-state index is 0. The minimum Gasteiger partial charge on any atom is -0.781 e. The second-order valence-electron chi connectivity index (χ2n) is 2.25. The van der Waals surface area contributed by atoms with Crippen molar-refractivity contribution in [1.29, 1.82) is 0 Å². The molecule has 0 aliphatic carbocycles. The number of aliphatic hydroxyl groups excluding tert-OH is 1. The smallest absolute Gasteiger partial charge is 0.781 e. The largest absolute Gasteiger partial charge is 2.00 e. The first-order valence-electron chi connectivity index (χ1n) is 3.81. The molecule has 0 aliphatic heterocycles. The van der Waals surface area contributed by atoms with Crippen molar-refractivity contribution in [1.82, 2.24) is 0 Å². The summed E-state index contributed by atoms with van der Waals surface area (Å²) in [6, 6.07) is 9.52. The molecule has 6 nitrogen and oxygen atoms in total. The van der Waals surface area contributed by atoms with E-state index in [1.165, 1.54) is 0 Å². The first kappa shape index (κ1) is 18.5. The van der Waals surface area contributed by atoms with Gasteiger partial charge in [-0.15, -0.1) is 0 Å². The summed E-state index contributed by atoms with van der Waals surface area (Å²) in [6.45, 7) is 0.140. The number of aliphatic hydroxyl groups is 1. The van der Waals surface area contributed by atoms with E-state index in [-0.39, 0.29) is 26.1 Å². The summed E-state index contributed by atoms with van der Waals surface area (Å²) in [5.74, 6) is 0. The van der Waals surface area contributed by atoms with E-state index in [2.05, 4.69) is 4.31 Å². The third kappa shape index (κ3) is 12.2. The summed E-state index contributed by atoms with van der Waals surface area (Å²) in [6.07, 6.45) is 0. The normalized spacial score (nSPS) is 12.7. The van der Waals surface area contributed by atoms with Gasteiger partial charge in [0, 0.05) is 0 Å². The van der Waals surface area contributed by atoms with Gasteiger partial charge in [0.25, 0.3) is 0 Å². The molecule has 9 heteroatoms. The second-order valence-corrected chi connectivity index (χ2v) is 4.06. The topological polar surface area (TPSA) is 110 Å². The van der Waals surface area contributed by atoms with Crippen LogP contribution in [-0.2, 0) is 39.5 Å². The van der Waals surface area contributed by atoms with Crippen LogP contribution in [0.3, 0.4) is 0 Å². The number of benzene rings is 1. The Morgan fingerprint density at radius 2 is 1.56 bits per heavy atom. The van der Waals surface area contributed by atoms with Crippen molar-refractivity contribution < 1.29 is 47.8 Å². The van der Waals surface area contributed by atoms with Crippen molar-refractivity contribution in [2.75, 3.05) is 0 Å². The molecule has 2 unspecified atom stereocenters. The van der Waals surface area contributed by atoms with Crippen LogP contribution in [0.2, 0.25) is 0 Å². The fourth-order valence-corrected chi connectivity index (χ4v) is 1.20. The molecular formula is C7H10O6P2Zn.